The van der Waals surface area contributed by atoms with E-state index in [0.29, 0.717) is 6.42 Å². The van der Waals surface area contributed by atoms with Gasteiger partial charge in [0.1, 0.15) is 11.9 Å². The number of nitrogens with one attached hydrogen (secondary N) is 1. The van der Waals surface area contributed by atoms with Crippen LogP contribution in [0.5, 0.6) is 5.75 Å². The fraction of sp³-hybridized carbons (Fsp3) is 0.381. The Morgan fingerprint density at radius 2 is 1.97 bits per heavy atom. The summed E-state index contributed by atoms with van der Waals surface area (Å²) in [6.07, 6.45) is -1.12. The molecule has 2 atom stereocenters. The maximum Gasteiger partial charge on any atom is 0.416 e. The standard InChI is InChI=1S/C21H20F3N5O3/c22-21(23,24)14-4-1-5-15(7-14)32-16-11-29(12-16)19(30)10-26-20(31)18-8-17(27-28-18)13-3-2-6-25-9-13/h1-7,9,16-18H,8,10-12H2,(H,26,31). The van der Waals surface area contributed by atoms with Crippen LogP contribution in [-0.2, 0) is 15.8 Å². The zero-order chi connectivity index (χ0) is 22.7. The quantitative estimate of drug-likeness (QED) is 0.737. The molecule has 1 fully saturated rings. The first-order valence-corrected chi connectivity index (χ1v) is 9.99. The lowest BCUT2D eigenvalue weighted by atomic mass is 10.0. The van der Waals surface area contributed by atoms with Gasteiger partial charge in [-0.15, -0.1) is 0 Å². The van der Waals surface area contributed by atoms with Gasteiger partial charge in [-0.25, -0.2) is 0 Å². The smallest absolute Gasteiger partial charge is 0.416 e. The fourth-order valence-electron chi connectivity index (χ4n) is 3.45. The van der Waals surface area contributed by atoms with E-state index in [4.69, 9.17) is 4.74 Å². The molecule has 32 heavy (non-hydrogen) atoms. The molecule has 3 heterocycles. The van der Waals surface area contributed by atoms with Gasteiger partial charge in [0.05, 0.1) is 31.2 Å². The first-order valence-electron chi connectivity index (χ1n) is 9.99. The summed E-state index contributed by atoms with van der Waals surface area (Å²) >= 11 is 0. The summed E-state index contributed by atoms with van der Waals surface area (Å²) in [5, 5.41) is 10.7. The number of amides is 2. The van der Waals surface area contributed by atoms with Gasteiger partial charge in [0.2, 0.25) is 11.8 Å². The topological polar surface area (TPSA) is 96.2 Å². The highest BCUT2D eigenvalue weighted by molar-refractivity contribution is 5.88. The lowest BCUT2D eigenvalue weighted by Gasteiger charge is -2.39. The van der Waals surface area contributed by atoms with Gasteiger partial charge in [0.15, 0.2) is 6.04 Å². The number of rotatable bonds is 6. The second-order valence-corrected chi connectivity index (χ2v) is 7.57. The third-order valence-electron chi connectivity index (χ3n) is 5.24. The van der Waals surface area contributed by atoms with E-state index in [0.717, 1.165) is 17.7 Å². The molecule has 2 aromatic rings. The Morgan fingerprint density at radius 3 is 2.69 bits per heavy atom. The molecule has 168 valence electrons. The first kappa shape index (κ1) is 21.7. The Labute approximate surface area is 181 Å². The minimum atomic E-state index is -4.45. The van der Waals surface area contributed by atoms with Crippen molar-refractivity contribution in [1.82, 2.24) is 15.2 Å². The van der Waals surface area contributed by atoms with Crippen molar-refractivity contribution in [2.45, 2.75) is 30.8 Å². The van der Waals surface area contributed by atoms with E-state index in [9.17, 15) is 22.8 Å². The van der Waals surface area contributed by atoms with Crippen molar-refractivity contribution in [2.24, 2.45) is 10.2 Å². The molecule has 1 saturated heterocycles. The lowest BCUT2D eigenvalue weighted by Crippen LogP contribution is -2.58. The van der Waals surface area contributed by atoms with Gasteiger partial charge in [-0.1, -0.05) is 12.1 Å². The minimum Gasteiger partial charge on any atom is -0.487 e. The van der Waals surface area contributed by atoms with Gasteiger partial charge in [-0.2, -0.15) is 23.4 Å². The Morgan fingerprint density at radius 1 is 1.16 bits per heavy atom. The summed E-state index contributed by atoms with van der Waals surface area (Å²) in [5.74, 6) is -0.591. The summed E-state index contributed by atoms with van der Waals surface area (Å²) in [4.78, 5) is 30.1. The van der Waals surface area contributed by atoms with Crippen LogP contribution in [0.3, 0.4) is 0 Å². The number of halogens is 3. The molecule has 1 N–H and O–H groups in total. The lowest BCUT2D eigenvalue weighted by molar-refractivity contribution is -0.140. The second-order valence-electron chi connectivity index (χ2n) is 7.57. The Balaban J connectivity index is 1.19. The number of carbonyl (C=O) groups excluding carboxylic acids is 2. The average molecular weight is 447 g/mol. The van der Waals surface area contributed by atoms with Crippen molar-refractivity contribution in [2.75, 3.05) is 19.6 Å². The molecule has 0 radical (unpaired) electrons. The molecule has 11 heteroatoms. The first-order chi connectivity index (χ1) is 15.3. The average Bonchev–Trinajstić information content (AvgIpc) is 3.25. The van der Waals surface area contributed by atoms with Crippen LogP contribution in [0.25, 0.3) is 0 Å². The zero-order valence-corrected chi connectivity index (χ0v) is 16.8. The third-order valence-corrected chi connectivity index (χ3v) is 5.24. The normalized spacial score (nSPS) is 20.7. The number of aromatic nitrogens is 1. The van der Waals surface area contributed by atoms with Gasteiger partial charge in [-0.3, -0.25) is 14.6 Å². The van der Waals surface area contributed by atoms with Crippen LogP contribution in [-0.4, -0.2) is 53.5 Å². The Bertz CT molecular complexity index is 1010. The van der Waals surface area contributed by atoms with E-state index in [1.165, 1.54) is 17.0 Å². The van der Waals surface area contributed by atoms with Crippen LogP contribution in [0.1, 0.15) is 23.6 Å². The number of pyridine rings is 1. The van der Waals surface area contributed by atoms with Gasteiger partial charge < -0.3 is 15.0 Å². The maximum absolute atomic E-state index is 12.8. The van der Waals surface area contributed by atoms with Crippen LogP contribution in [0.2, 0.25) is 0 Å². The number of ether oxygens (including phenoxy) is 1. The number of carbonyl (C=O) groups is 2. The number of hydrogen-bond acceptors (Lipinski definition) is 6. The van der Waals surface area contributed by atoms with Crippen LogP contribution >= 0.6 is 0 Å². The van der Waals surface area contributed by atoms with Crippen molar-refractivity contribution in [1.29, 1.82) is 0 Å². The van der Waals surface area contributed by atoms with Gasteiger partial charge >= 0.3 is 6.18 Å². The van der Waals surface area contributed by atoms with Crippen LogP contribution in [0.4, 0.5) is 13.2 Å². The number of nitrogens with zero attached hydrogens (tertiary/aromatic N) is 4. The molecular weight excluding hydrogens is 427 g/mol. The summed E-state index contributed by atoms with van der Waals surface area (Å²) in [7, 11) is 0. The molecule has 2 unspecified atom stereocenters. The maximum atomic E-state index is 12.8. The van der Waals surface area contributed by atoms with Crippen molar-refractivity contribution < 1.29 is 27.5 Å². The monoisotopic (exact) mass is 447 g/mol. The highest BCUT2D eigenvalue weighted by atomic mass is 19.4. The van der Waals surface area contributed by atoms with Crippen molar-refractivity contribution in [3.63, 3.8) is 0 Å². The van der Waals surface area contributed by atoms with E-state index in [1.807, 2.05) is 6.07 Å². The van der Waals surface area contributed by atoms with E-state index < -0.39 is 23.9 Å². The molecule has 2 amide bonds. The highest BCUT2D eigenvalue weighted by Crippen LogP contribution is 2.32. The summed E-state index contributed by atoms with van der Waals surface area (Å²) < 4.78 is 43.9. The predicted octanol–water partition coefficient (Wildman–Crippen LogP) is 2.77. The van der Waals surface area contributed by atoms with Crippen LogP contribution < -0.4 is 10.1 Å². The van der Waals surface area contributed by atoms with E-state index in [2.05, 4.69) is 20.5 Å². The van der Waals surface area contributed by atoms with Crippen LogP contribution in [0, 0.1) is 0 Å². The van der Waals surface area contributed by atoms with E-state index in [-0.39, 0.29) is 43.2 Å². The SMILES string of the molecule is O=C(NCC(=O)N1CC(Oc2cccc(C(F)(F)F)c2)C1)C1CC(c2cccnc2)N=N1. The van der Waals surface area contributed by atoms with Gasteiger partial charge in [-0.05, 0) is 29.8 Å². The molecular formula is C21H20F3N5O3. The molecule has 4 rings (SSSR count). The summed E-state index contributed by atoms with van der Waals surface area (Å²) in [5.41, 5.74) is 0.0785. The number of alkyl halides is 3. The fourth-order valence-corrected chi connectivity index (χ4v) is 3.45. The Kier molecular flexibility index (Phi) is 6.06. The number of benzene rings is 1. The molecule has 8 nitrogen and oxygen atoms in total. The third kappa shape index (κ3) is 5.04. The number of azo groups is 1. The van der Waals surface area contributed by atoms with Gasteiger partial charge in [0, 0.05) is 18.8 Å². The molecule has 0 saturated carbocycles. The van der Waals surface area contributed by atoms with Crippen LogP contribution in [0.15, 0.2) is 59.0 Å². The second kappa shape index (κ2) is 8.93. The predicted molar refractivity (Wildman–Crippen MR) is 106 cm³/mol. The number of hydrogen-bond donors (Lipinski definition) is 1. The molecule has 1 aromatic heterocycles. The molecule has 2 aliphatic rings. The zero-order valence-electron chi connectivity index (χ0n) is 16.8. The minimum absolute atomic E-state index is 0.0972. The van der Waals surface area contributed by atoms with Crippen molar-refractivity contribution in [3.8, 4) is 5.75 Å². The largest absolute Gasteiger partial charge is 0.487 e. The summed E-state index contributed by atoms with van der Waals surface area (Å²) in [6.45, 7) is 0.271. The molecule has 2 aliphatic heterocycles. The van der Waals surface area contributed by atoms with Crippen molar-refractivity contribution in [3.05, 3.63) is 59.9 Å². The van der Waals surface area contributed by atoms with Gasteiger partial charge in [0.25, 0.3) is 0 Å². The van der Waals surface area contributed by atoms with E-state index in [1.54, 1.807) is 18.5 Å². The Hall–Kier alpha value is -3.50. The van der Waals surface area contributed by atoms with E-state index >= 15 is 0 Å². The molecule has 0 bridgehead atoms. The number of likely N-dealkylation sites (tertiary alicyclic amines) is 1. The molecule has 1 aromatic carbocycles. The molecule has 0 spiro atoms. The van der Waals surface area contributed by atoms with Crippen molar-refractivity contribution >= 4 is 11.8 Å². The molecule has 0 aliphatic carbocycles. The highest BCUT2D eigenvalue weighted by Gasteiger charge is 2.35. The summed E-state index contributed by atoms with van der Waals surface area (Å²) in [6, 6.07) is 7.36.